The van der Waals surface area contributed by atoms with Crippen molar-refractivity contribution in [2.75, 3.05) is 0 Å². The normalized spacial score (nSPS) is 11.3. The predicted octanol–water partition coefficient (Wildman–Crippen LogP) is 11.8. The average Bonchev–Trinajstić information content (AvgIpc) is 3.58. The molecule has 9 rings (SSSR count). The van der Waals surface area contributed by atoms with E-state index < -0.39 is 0 Å². The average molecular weight is 628 g/mol. The standard InChI is InChI=1S/C45H29N3O/c1-3-12-30(13-4-1)31-24-26-32(27-25-31)34-16-9-17-35(28-34)36-18-10-19-37(29-36)44-46-43(33-14-5-2-6-15-33)47-45(48-44)40-22-11-21-39-38-20-7-8-23-41(38)49-42(39)40/h1-29H. The van der Waals surface area contributed by atoms with Crippen LogP contribution >= 0.6 is 0 Å². The number of benzene rings is 7. The van der Waals surface area contributed by atoms with Gasteiger partial charge in [-0.15, -0.1) is 0 Å². The Hall–Kier alpha value is -6.65. The Labute approximate surface area is 284 Å². The van der Waals surface area contributed by atoms with E-state index >= 15 is 0 Å². The SMILES string of the molecule is c1ccc(-c2ccc(-c3cccc(-c4cccc(-c5nc(-c6ccccc6)nc(-c6cccc7c6oc6ccccc67)n5)c4)c3)cc2)cc1. The lowest BCUT2D eigenvalue weighted by Gasteiger charge is -2.11. The van der Waals surface area contributed by atoms with Gasteiger partial charge in [0.1, 0.15) is 11.2 Å². The predicted molar refractivity (Wildman–Crippen MR) is 200 cm³/mol. The molecular weight excluding hydrogens is 599 g/mol. The van der Waals surface area contributed by atoms with E-state index in [2.05, 4.69) is 109 Å². The molecule has 49 heavy (non-hydrogen) atoms. The first-order valence-electron chi connectivity index (χ1n) is 16.4. The van der Waals surface area contributed by atoms with Gasteiger partial charge in [-0.25, -0.2) is 15.0 Å². The van der Waals surface area contributed by atoms with E-state index in [1.165, 1.54) is 16.7 Å². The van der Waals surface area contributed by atoms with E-state index in [0.29, 0.717) is 17.5 Å². The van der Waals surface area contributed by atoms with Crippen LogP contribution in [-0.4, -0.2) is 15.0 Å². The van der Waals surface area contributed by atoms with E-state index in [4.69, 9.17) is 19.4 Å². The van der Waals surface area contributed by atoms with Crippen molar-refractivity contribution >= 4 is 21.9 Å². The van der Waals surface area contributed by atoms with Crippen molar-refractivity contribution in [2.24, 2.45) is 0 Å². The number of hydrogen-bond donors (Lipinski definition) is 0. The first-order chi connectivity index (χ1) is 24.3. The highest BCUT2D eigenvalue weighted by Gasteiger charge is 2.18. The quantitative estimate of drug-likeness (QED) is 0.184. The van der Waals surface area contributed by atoms with E-state index in [-0.39, 0.29) is 0 Å². The largest absolute Gasteiger partial charge is 0.455 e. The lowest BCUT2D eigenvalue weighted by molar-refractivity contribution is 0.669. The van der Waals surface area contributed by atoms with Gasteiger partial charge in [-0.1, -0.05) is 152 Å². The molecule has 0 saturated heterocycles. The molecular formula is C45H29N3O. The second-order valence-electron chi connectivity index (χ2n) is 12.1. The summed E-state index contributed by atoms with van der Waals surface area (Å²) in [6.45, 7) is 0. The van der Waals surface area contributed by atoms with Crippen molar-refractivity contribution in [1.29, 1.82) is 0 Å². The van der Waals surface area contributed by atoms with Crippen LogP contribution in [0.15, 0.2) is 180 Å². The molecule has 4 heteroatoms. The highest BCUT2D eigenvalue weighted by Crippen LogP contribution is 2.36. The van der Waals surface area contributed by atoms with Gasteiger partial charge in [0.25, 0.3) is 0 Å². The highest BCUT2D eigenvalue weighted by molar-refractivity contribution is 6.09. The van der Waals surface area contributed by atoms with Gasteiger partial charge in [-0.3, -0.25) is 0 Å². The molecule has 230 valence electrons. The van der Waals surface area contributed by atoms with Gasteiger partial charge < -0.3 is 4.42 Å². The van der Waals surface area contributed by atoms with Crippen LogP contribution in [0.1, 0.15) is 0 Å². The Balaban J connectivity index is 1.12. The molecule has 0 aliphatic rings. The first-order valence-corrected chi connectivity index (χ1v) is 16.4. The summed E-state index contributed by atoms with van der Waals surface area (Å²) in [5, 5.41) is 2.10. The van der Waals surface area contributed by atoms with E-state index in [1.54, 1.807) is 0 Å². The fourth-order valence-corrected chi connectivity index (χ4v) is 6.47. The van der Waals surface area contributed by atoms with Crippen LogP contribution in [0.25, 0.3) is 89.5 Å². The molecule has 0 unspecified atom stereocenters. The Morgan fingerprint density at radius 3 is 1.47 bits per heavy atom. The molecule has 0 fully saturated rings. The minimum atomic E-state index is 0.569. The van der Waals surface area contributed by atoms with Crippen LogP contribution in [0, 0.1) is 0 Å². The Kier molecular flexibility index (Phi) is 7.10. The Bertz CT molecular complexity index is 2590. The summed E-state index contributed by atoms with van der Waals surface area (Å²) < 4.78 is 6.38. The number of para-hydroxylation sites is 2. The summed E-state index contributed by atoms with van der Waals surface area (Å²) in [7, 11) is 0. The zero-order valence-electron chi connectivity index (χ0n) is 26.5. The second kappa shape index (κ2) is 12.2. The van der Waals surface area contributed by atoms with E-state index in [9.17, 15) is 0 Å². The van der Waals surface area contributed by atoms with Crippen LogP contribution in [0.4, 0.5) is 0 Å². The third kappa shape index (κ3) is 5.45. The van der Waals surface area contributed by atoms with Gasteiger partial charge in [0, 0.05) is 21.9 Å². The molecule has 0 atom stereocenters. The van der Waals surface area contributed by atoms with Crippen LogP contribution < -0.4 is 0 Å². The molecule has 0 bridgehead atoms. The Morgan fingerprint density at radius 1 is 0.306 bits per heavy atom. The van der Waals surface area contributed by atoms with Gasteiger partial charge in [-0.2, -0.15) is 0 Å². The van der Waals surface area contributed by atoms with Gasteiger partial charge >= 0.3 is 0 Å². The van der Waals surface area contributed by atoms with Crippen LogP contribution in [0.5, 0.6) is 0 Å². The van der Waals surface area contributed by atoms with Crippen LogP contribution in [-0.2, 0) is 0 Å². The van der Waals surface area contributed by atoms with E-state index in [0.717, 1.165) is 55.3 Å². The summed E-state index contributed by atoms with van der Waals surface area (Å²) in [5.74, 6) is 1.78. The fraction of sp³-hybridized carbons (Fsp3) is 0. The highest BCUT2D eigenvalue weighted by atomic mass is 16.3. The molecule has 0 radical (unpaired) electrons. The number of rotatable bonds is 6. The molecule has 2 heterocycles. The second-order valence-corrected chi connectivity index (χ2v) is 12.1. The summed E-state index contributed by atoms with van der Waals surface area (Å²) in [6.07, 6.45) is 0. The smallest absolute Gasteiger partial charge is 0.167 e. The monoisotopic (exact) mass is 627 g/mol. The van der Waals surface area contributed by atoms with Crippen molar-refractivity contribution in [3.05, 3.63) is 176 Å². The van der Waals surface area contributed by atoms with Crippen LogP contribution in [0.2, 0.25) is 0 Å². The third-order valence-corrected chi connectivity index (χ3v) is 8.95. The van der Waals surface area contributed by atoms with Gasteiger partial charge in [0.05, 0.1) is 5.56 Å². The molecule has 9 aromatic rings. The number of hydrogen-bond acceptors (Lipinski definition) is 4. The van der Waals surface area contributed by atoms with Crippen LogP contribution in [0.3, 0.4) is 0 Å². The van der Waals surface area contributed by atoms with Crippen molar-refractivity contribution < 1.29 is 4.42 Å². The summed E-state index contributed by atoms with van der Waals surface area (Å²) in [5.41, 5.74) is 11.2. The van der Waals surface area contributed by atoms with Crippen molar-refractivity contribution in [3.8, 4) is 67.5 Å². The molecule has 0 aliphatic heterocycles. The maximum absolute atomic E-state index is 6.38. The van der Waals surface area contributed by atoms with Crippen molar-refractivity contribution in [2.45, 2.75) is 0 Å². The zero-order valence-corrected chi connectivity index (χ0v) is 26.5. The molecule has 0 aliphatic carbocycles. The molecule has 0 amide bonds. The molecule has 7 aromatic carbocycles. The maximum atomic E-state index is 6.38. The molecule has 4 nitrogen and oxygen atoms in total. The summed E-state index contributed by atoms with van der Waals surface area (Å²) in [6, 6.07) is 60.6. The van der Waals surface area contributed by atoms with Gasteiger partial charge in [0.15, 0.2) is 17.5 Å². The lowest BCUT2D eigenvalue weighted by atomic mass is 9.96. The third-order valence-electron chi connectivity index (χ3n) is 8.95. The first kappa shape index (κ1) is 28.6. The molecule has 2 aromatic heterocycles. The zero-order chi connectivity index (χ0) is 32.6. The van der Waals surface area contributed by atoms with E-state index in [1.807, 2.05) is 66.7 Å². The van der Waals surface area contributed by atoms with Gasteiger partial charge in [-0.05, 0) is 57.6 Å². The molecule has 0 spiro atoms. The van der Waals surface area contributed by atoms with Crippen molar-refractivity contribution in [1.82, 2.24) is 15.0 Å². The lowest BCUT2D eigenvalue weighted by Crippen LogP contribution is -2.00. The topological polar surface area (TPSA) is 51.8 Å². The number of nitrogens with zero attached hydrogens (tertiary/aromatic N) is 3. The minimum Gasteiger partial charge on any atom is -0.455 e. The Morgan fingerprint density at radius 2 is 0.755 bits per heavy atom. The number of fused-ring (bicyclic) bond motifs is 3. The fourth-order valence-electron chi connectivity index (χ4n) is 6.47. The summed E-state index contributed by atoms with van der Waals surface area (Å²) >= 11 is 0. The van der Waals surface area contributed by atoms with Crippen molar-refractivity contribution in [3.63, 3.8) is 0 Å². The van der Waals surface area contributed by atoms with Gasteiger partial charge in [0.2, 0.25) is 0 Å². The number of aromatic nitrogens is 3. The minimum absolute atomic E-state index is 0.569. The molecule has 0 N–H and O–H groups in total. The molecule has 0 saturated carbocycles. The summed E-state index contributed by atoms with van der Waals surface area (Å²) in [4.78, 5) is 15.1. The maximum Gasteiger partial charge on any atom is 0.167 e. The number of furan rings is 1.